The van der Waals surface area contributed by atoms with Crippen LogP contribution in [0.25, 0.3) is 5.69 Å². The number of nitrogens with zero attached hydrogens (tertiary/aromatic N) is 3. The number of nitro benzene ring substituents is 1. The number of benzene rings is 2. The molecule has 7 heteroatoms. The first-order valence-corrected chi connectivity index (χ1v) is 8.97. The molecule has 0 spiro atoms. The average Bonchev–Trinajstić information content (AvgIpc) is 2.89. The lowest BCUT2D eigenvalue weighted by Gasteiger charge is -2.09. The third-order valence-corrected chi connectivity index (χ3v) is 5.26. The van der Waals surface area contributed by atoms with Gasteiger partial charge in [0.2, 0.25) is 0 Å². The lowest BCUT2D eigenvalue weighted by atomic mass is 10.2. The van der Waals surface area contributed by atoms with Crippen molar-refractivity contribution in [3.63, 3.8) is 0 Å². The van der Waals surface area contributed by atoms with E-state index in [1.807, 2.05) is 42.7 Å². The van der Waals surface area contributed by atoms with E-state index in [1.165, 1.54) is 6.07 Å². The minimum Gasteiger partial charge on any atom is -0.318 e. The number of halogens is 2. The summed E-state index contributed by atoms with van der Waals surface area (Å²) in [4.78, 5) is 15.1. The summed E-state index contributed by atoms with van der Waals surface area (Å²) in [7, 11) is 0. The number of aromatic nitrogens is 1. The Morgan fingerprint density at radius 1 is 1.19 bits per heavy atom. The van der Waals surface area contributed by atoms with E-state index >= 15 is 0 Å². The van der Waals surface area contributed by atoms with Gasteiger partial charge in [-0.2, -0.15) is 0 Å². The van der Waals surface area contributed by atoms with Crippen molar-refractivity contribution in [3.05, 3.63) is 85.1 Å². The van der Waals surface area contributed by atoms with E-state index in [9.17, 15) is 10.1 Å². The number of nitro groups is 1. The molecule has 26 heavy (non-hydrogen) atoms. The van der Waals surface area contributed by atoms with Crippen LogP contribution >= 0.6 is 27.5 Å². The molecule has 2 aromatic carbocycles. The van der Waals surface area contributed by atoms with Crippen molar-refractivity contribution in [2.75, 3.05) is 0 Å². The van der Waals surface area contributed by atoms with E-state index in [0.29, 0.717) is 5.02 Å². The highest BCUT2D eigenvalue weighted by atomic mass is 79.9. The fourth-order valence-corrected chi connectivity index (χ4v) is 3.19. The number of aryl methyl sites for hydroxylation is 1. The summed E-state index contributed by atoms with van der Waals surface area (Å²) in [6.45, 7) is 3.92. The maximum Gasteiger partial charge on any atom is 0.271 e. The molecule has 0 radical (unpaired) electrons. The van der Waals surface area contributed by atoms with E-state index in [1.54, 1.807) is 24.4 Å². The van der Waals surface area contributed by atoms with Crippen LogP contribution in [0.3, 0.4) is 0 Å². The summed E-state index contributed by atoms with van der Waals surface area (Å²) in [6.07, 6.45) is 1.77. The lowest BCUT2D eigenvalue weighted by molar-refractivity contribution is -0.384. The quantitative estimate of drug-likeness (QED) is 0.281. The number of non-ortho nitro benzene ring substituents is 1. The van der Waals surface area contributed by atoms with Gasteiger partial charge in [0.25, 0.3) is 5.69 Å². The SMILES string of the molecule is Cc1cc(C=Nc2ccc(Br)c(Cl)c2)c(C)n1-c1cccc([N+](=O)[O-])c1. The Hall–Kier alpha value is -2.44. The third kappa shape index (κ3) is 3.71. The molecule has 0 unspecified atom stereocenters. The van der Waals surface area contributed by atoms with Crippen LogP contribution in [-0.2, 0) is 0 Å². The van der Waals surface area contributed by atoms with Crippen molar-refractivity contribution in [1.82, 2.24) is 4.57 Å². The van der Waals surface area contributed by atoms with Crippen LogP contribution in [0, 0.1) is 24.0 Å². The molecule has 0 amide bonds. The number of rotatable bonds is 4. The predicted octanol–water partition coefficient (Wildman–Crippen LogP) is 6.17. The predicted molar refractivity (Wildman–Crippen MR) is 108 cm³/mol. The average molecular weight is 433 g/mol. The molecule has 132 valence electrons. The number of aliphatic imine (C=N–C) groups is 1. The minimum atomic E-state index is -0.392. The molecule has 0 atom stereocenters. The zero-order valence-electron chi connectivity index (χ0n) is 14.1. The molecule has 0 aliphatic heterocycles. The maximum atomic E-state index is 11.0. The Kier molecular flexibility index (Phi) is 5.25. The molecule has 1 aromatic heterocycles. The summed E-state index contributed by atoms with van der Waals surface area (Å²) in [6, 6.07) is 14.1. The molecule has 0 saturated heterocycles. The lowest BCUT2D eigenvalue weighted by Crippen LogP contribution is -2.00. The first-order chi connectivity index (χ1) is 12.4. The van der Waals surface area contributed by atoms with Gasteiger partial charge >= 0.3 is 0 Å². The molecule has 1 heterocycles. The monoisotopic (exact) mass is 431 g/mol. The van der Waals surface area contributed by atoms with Crippen LogP contribution in [0.15, 0.2) is 58.0 Å². The van der Waals surface area contributed by atoms with Crippen LogP contribution in [0.2, 0.25) is 5.02 Å². The Morgan fingerprint density at radius 2 is 1.96 bits per heavy atom. The Labute approximate surface area is 164 Å². The molecule has 0 bridgehead atoms. The zero-order chi connectivity index (χ0) is 18.8. The molecular weight excluding hydrogens is 418 g/mol. The van der Waals surface area contributed by atoms with Gasteiger partial charge in [0.05, 0.1) is 21.3 Å². The number of hydrogen-bond donors (Lipinski definition) is 0. The van der Waals surface area contributed by atoms with Crippen molar-refractivity contribution < 1.29 is 4.92 Å². The molecule has 3 aromatic rings. The van der Waals surface area contributed by atoms with Crippen LogP contribution in [0.5, 0.6) is 0 Å². The Balaban J connectivity index is 1.98. The second-order valence-corrected chi connectivity index (χ2v) is 7.06. The van der Waals surface area contributed by atoms with Gasteiger partial charge < -0.3 is 4.57 Å². The summed E-state index contributed by atoms with van der Waals surface area (Å²) >= 11 is 9.45. The smallest absolute Gasteiger partial charge is 0.271 e. The van der Waals surface area contributed by atoms with Crippen LogP contribution in [0.1, 0.15) is 17.0 Å². The van der Waals surface area contributed by atoms with Gasteiger partial charge in [-0.25, -0.2) is 0 Å². The second-order valence-electron chi connectivity index (χ2n) is 5.80. The fourth-order valence-electron chi connectivity index (χ4n) is 2.77. The van der Waals surface area contributed by atoms with Crippen molar-refractivity contribution in [2.45, 2.75) is 13.8 Å². The van der Waals surface area contributed by atoms with Gasteiger partial charge in [-0.15, -0.1) is 0 Å². The maximum absolute atomic E-state index is 11.0. The van der Waals surface area contributed by atoms with Crippen molar-refractivity contribution in [3.8, 4) is 5.69 Å². The fraction of sp³-hybridized carbons (Fsp3) is 0.105. The van der Waals surface area contributed by atoms with Crippen molar-refractivity contribution >= 4 is 45.1 Å². The van der Waals surface area contributed by atoms with E-state index < -0.39 is 4.92 Å². The Bertz CT molecular complexity index is 1030. The van der Waals surface area contributed by atoms with Gasteiger partial charge in [-0.1, -0.05) is 17.7 Å². The molecule has 0 aliphatic rings. The highest BCUT2D eigenvalue weighted by molar-refractivity contribution is 9.10. The van der Waals surface area contributed by atoms with E-state index in [-0.39, 0.29) is 5.69 Å². The molecule has 0 N–H and O–H groups in total. The molecule has 3 rings (SSSR count). The topological polar surface area (TPSA) is 60.4 Å². The highest BCUT2D eigenvalue weighted by Gasteiger charge is 2.12. The first-order valence-electron chi connectivity index (χ1n) is 7.79. The van der Waals surface area contributed by atoms with Crippen molar-refractivity contribution in [1.29, 1.82) is 0 Å². The van der Waals surface area contributed by atoms with Crippen LogP contribution < -0.4 is 0 Å². The zero-order valence-corrected chi connectivity index (χ0v) is 16.5. The Morgan fingerprint density at radius 3 is 2.65 bits per heavy atom. The van der Waals surface area contributed by atoms with Gasteiger partial charge in [0.15, 0.2) is 0 Å². The molecule has 5 nitrogen and oxygen atoms in total. The standard InChI is InChI=1S/C19H15BrClN3O2/c1-12-8-14(11-22-15-6-7-18(20)19(21)9-15)13(2)23(12)16-4-3-5-17(10-16)24(25)26/h3-11H,1-2H3. The normalized spacial score (nSPS) is 11.2. The van der Waals surface area contributed by atoms with E-state index in [2.05, 4.69) is 20.9 Å². The number of hydrogen-bond acceptors (Lipinski definition) is 3. The third-order valence-electron chi connectivity index (χ3n) is 4.02. The van der Waals surface area contributed by atoms with E-state index in [4.69, 9.17) is 11.6 Å². The van der Waals surface area contributed by atoms with Crippen molar-refractivity contribution in [2.24, 2.45) is 4.99 Å². The minimum absolute atomic E-state index is 0.0646. The van der Waals surface area contributed by atoms with Gasteiger partial charge in [0.1, 0.15) is 0 Å². The molecule has 0 fully saturated rings. The van der Waals surface area contributed by atoms with Gasteiger partial charge in [-0.3, -0.25) is 15.1 Å². The molecule has 0 aliphatic carbocycles. The first kappa shape index (κ1) is 18.4. The summed E-state index contributed by atoms with van der Waals surface area (Å²) < 4.78 is 2.80. The summed E-state index contributed by atoms with van der Waals surface area (Å²) in [5.74, 6) is 0. The second kappa shape index (κ2) is 7.43. The van der Waals surface area contributed by atoms with Gasteiger partial charge in [0, 0.05) is 39.8 Å². The summed E-state index contributed by atoms with van der Waals surface area (Å²) in [5, 5.41) is 11.6. The molecule has 0 saturated carbocycles. The highest BCUT2D eigenvalue weighted by Crippen LogP contribution is 2.27. The van der Waals surface area contributed by atoms with E-state index in [0.717, 1.165) is 32.8 Å². The molecular formula is C19H15BrClN3O2. The van der Waals surface area contributed by atoms with Crippen LogP contribution in [-0.4, -0.2) is 15.7 Å². The largest absolute Gasteiger partial charge is 0.318 e. The van der Waals surface area contributed by atoms with Crippen LogP contribution in [0.4, 0.5) is 11.4 Å². The van der Waals surface area contributed by atoms with Gasteiger partial charge in [-0.05, 0) is 60.1 Å². The summed E-state index contributed by atoms with van der Waals surface area (Å²) in [5.41, 5.74) is 4.43.